The highest BCUT2D eigenvalue weighted by Gasteiger charge is 2.17. The Morgan fingerprint density at radius 1 is 1.07 bits per heavy atom. The van der Waals surface area contributed by atoms with E-state index in [0.717, 1.165) is 32.8 Å². The summed E-state index contributed by atoms with van der Waals surface area (Å²) in [4.78, 5) is 22.9. The maximum atomic E-state index is 11.8. The van der Waals surface area contributed by atoms with Gasteiger partial charge in [0.25, 0.3) is 0 Å². The first-order valence-corrected chi connectivity index (χ1v) is 9.82. The van der Waals surface area contributed by atoms with E-state index in [1.165, 1.54) is 4.88 Å². The van der Waals surface area contributed by atoms with Gasteiger partial charge in [-0.05, 0) is 43.7 Å². The Morgan fingerprint density at radius 3 is 2.48 bits per heavy atom. The van der Waals surface area contributed by atoms with Crippen molar-refractivity contribution >= 4 is 51.4 Å². The number of anilines is 2. The second-order valence-corrected chi connectivity index (χ2v) is 7.43. The molecule has 5 nitrogen and oxygen atoms in total. The second kappa shape index (κ2) is 9.03. The van der Waals surface area contributed by atoms with Crippen molar-refractivity contribution in [3.05, 3.63) is 71.4 Å². The van der Waals surface area contributed by atoms with Gasteiger partial charge in [0.1, 0.15) is 17.0 Å². The molecule has 0 fully saturated rings. The van der Waals surface area contributed by atoms with Gasteiger partial charge in [0, 0.05) is 16.1 Å². The van der Waals surface area contributed by atoms with Crippen LogP contribution in [0.25, 0.3) is 21.3 Å². The molecule has 148 valence electrons. The van der Waals surface area contributed by atoms with Crippen LogP contribution >= 0.6 is 23.7 Å². The van der Waals surface area contributed by atoms with E-state index in [2.05, 4.69) is 34.3 Å². The summed E-state index contributed by atoms with van der Waals surface area (Å²) in [6.45, 7) is 4.26. The van der Waals surface area contributed by atoms with Crippen molar-refractivity contribution in [2.45, 2.75) is 13.8 Å². The third-order valence-corrected chi connectivity index (χ3v) is 5.40. The molecule has 2 aromatic carbocycles. The molecule has 7 heteroatoms. The predicted octanol–water partition coefficient (Wildman–Crippen LogP) is 6.01. The van der Waals surface area contributed by atoms with Crippen LogP contribution in [0.3, 0.4) is 0 Å². The van der Waals surface area contributed by atoms with E-state index in [4.69, 9.17) is 4.74 Å². The van der Waals surface area contributed by atoms with Gasteiger partial charge >= 0.3 is 5.97 Å². The van der Waals surface area contributed by atoms with E-state index < -0.39 is 0 Å². The Kier molecular flexibility index (Phi) is 6.46. The van der Waals surface area contributed by atoms with Crippen LogP contribution in [-0.4, -0.2) is 22.5 Å². The molecule has 0 saturated heterocycles. The maximum absolute atomic E-state index is 11.8. The minimum atomic E-state index is -0.321. The van der Waals surface area contributed by atoms with Gasteiger partial charge in [-0.25, -0.2) is 14.8 Å². The van der Waals surface area contributed by atoms with Crippen LogP contribution in [0.4, 0.5) is 11.5 Å². The topological polar surface area (TPSA) is 64.1 Å². The van der Waals surface area contributed by atoms with Crippen molar-refractivity contribution in [1.82, 2.24) is 9.97 Å². The molecule has 0 bridgehead atoms. The van der Waals surface area contributed by atoms with E-state index >= 15 is 0 Å². The number of esters is 1. The predicted molar refractivity (Wildman–Crippen MR) is 121 cm³/mol. The van der Waals surface area contributed by atoms with Crippen molar-refractivity contribution in [1.29, 1.82) is 0 Å². The van der Waals surface area contributed by atoms with Gasteiger partial charge in [-0.1, -0.05) is 30.3 Å². The van der Waals surface area contributed by atoms with Gasteiger partial charge in [-0.3, -0.25) is 0 Å². The Morgan fingerprint density at radius 2 is 1.79 bits per heavy atom. The number of ether oxygens (including phenoxy) is 1. The minimum Gasteiger partial charge on any atom is -0.462 e. The van der Waals surface area contributed by atoms with Crippen molar-refractivity contribution in [3.63, 3.8) is 0 Å². The fraction of sp³-hybridized carbons (Fsp3) is 0.136. The smallest absolute Gasteiger partial charge is 0.338 e. The molecule has 0 radical (unpaired) electrons. The van der Waals surface area contributed by atoms with Gasteiger partial charge in [0.2, 0.25) is 0 Å². The number of aryl methyl sites for hydroxylation is 1. The van der Waals surface area contributed by atoms with Crippen molar-refractivity contribution in [2.75, 3.05) is 11.9 Å². The van der Waals surface area contributed by atoms with Crippen LogP contribution in [0.1, 0.15) is 22.2 Å². The molecule has 0 aliphatic carbocycles. The van der Waals surface area contributed by atoms with Crippen LogP contribution in [-0.2, 0) is 4.74 Å². The lowest BCUT2D eigenvalue weighted by atomic mass is 10.0. The Bertz CT molecular complexity index is 1130. The number of nitrogens with one attached hydrogen (secondary N) is 1. The van der Waals surface area contributed by atoms with Gasteiger partial charge in [0.15, 0.2) is 0 Å². The summed E-state index contributed by atoms with van der Waals surface area (Å²) >= 11 is 1.66. The lowest BCUT2D eigenvalue weighted by Gasteiger charge is -2.10. The van der Waals surface area contributed by atoms with Crippen molar-refractivity contribution < 1.29 is 9.53 Å². The summed E-state index contributed by atoms with van der Waals surface area (Å²) in [5.74, 6) is 0.426. The molecule has 2 heterocycles. The molecule has 1 N–H and O–H groups in total. The number of hydrogen-bond acceptors (Lipinski definition) is 6. The number of carbonyl (C=O) groups excluding carboxylic acids is 1. The van der Waals surface area contributed by atoms with Crippen LogP contribution in [0.2, 0.25) is 0 Å². The molecule has 0 amide bonds. The number of nitrogens with zero attached hydrogens (tertiary/aromatic N) is 2. The average molecular weight is 426 g/mol. The van der Waals surface area contributed by atoms with Crippen LogP contribution in [0, 0.1) is 6.92 Å². The molecule has 29 heavy (non-hydrogen) atoms. The summed E-state index contributed by atoms with van der Waals surface area (Å²) in [5.41, 5.74) is 3.65. The highest BCUT2D eigenvalue weighted by Crippen LogP contribution is 2.40. The fourth-order valence-corrected chi connectivity index (χ4v) is 4.14. The van der Waals surface area contributed by atoms with E-state index in [1.807, 2.05) is 30.3 Å². The molecule has 2 aromatic heterocycles. The lowest BCUT2D eigenvalue weighted by Crippen LogP contribution is -2.04. The van der Waals surface area contributed by atoms with E-state index in [1.54, 1.807) is 36.7 Å². The Balaban J connectivity index is 0.00000240. The van der Waals surface area contributed by atoms with Crippen molar-refractivity contribution in [2.24, 2.45) is 0 Å². The molecule has 4 rings (SSSR count). The van der Waals surface area contributed by atoms with Crippen LogP contribution in [0.5, 0.6) is 0 Å². The summed E-state index contributed by atoms with van der Waals surface area (Å²) in [6.07, 6.45) is 1.57. The molecule has 0 atom stereocenters. The number of thiophene rings is 1. The summed E-state index contributed by atoms with van der Waals surface area (Å²) in [7, 11) is 0. The molecule has 4 aromatic rings. The van der Waals surface area contributed by atoms with E-state index in [9.17, 15) is 4.79 Å². The summed E-state index contributed by atoms with van der Waals surface area (Å²) in [5, 5.41) is 4.38. The lowest BCUT2D eigenvalue weighted by molar-refractivity contribution is 0.0526. The summed E-state index contributed by atoms with van der Waals surface area (Å²) < 4.78 is 5.03. The number of fused-ring (bicyclic) bond motifs is 1. The van der Waals surface area contributed by atoms with E-state index in [0.29, 0.717) is 12.2 Å². The third-order valence-electron chi connectivity index (χ3n) is 4.39. The first-order chi connectivity index (χ1) is 13.7. The quantitative estimate of drug-likeness (QED) is 0.397. The first kappa shape index (κ1) is 20.8. The molecule has 0 spiro atoms. The Labute approximate surface area is 179 Å². The SMILES string of the molecule is CCOC(=O)c1ccc(Nc2ncnc3sc(C)c(-c4ccccc4)c23)cc1.Cl. The maximum Gasteiger partial charge on any atom is 0.338 e. The molecular formula is C22H20ClN3O2S. The number of hydrogen-bond donors (Lipinski definition) is 1. The largest absolute Gasteiger partial charge is 0.462 e. The number of aromatic nitrogens is 2. The zero-order chi connectivity index (χ0) is 19.5. The zero-order valence-electron chi connectivity index (χ0n) is 16.0. The number of benzene rings is 2. The van der Waals surface area contributed by atoms with Crippen LogP contribution in [0.15, 0.2) is 60.9 Å². The van der Waals surface area contributed by atoms with Gasteiger partial charge < -0.3 is 10.1 Å². The van der Waals surface area contributed by atoms with Crippen LogP contribution < -0.4 is 5.32 Å². The summed E-state index contributed by atoms with van der Waals surface area (Å²) in [6, 6.07) is 17.5. The molecule has 0 saturated carbocycles. The average Bonchev–Trinajstić information content (AvgIpc) is 3.06. The number of rotatable bonds is 5. The second-order valence-electron chi connectivity index (χ2n) is 6.22. The highest BCUT2D eigenvalue weighted by atomic mass is 35.5. The van der Waals surface area contributed by atoms with Gasteiger partial charge in [-0.15, -0.1) is 23.7 Å². The number of carbonyl (C=O) groups is 1. The molecule has 0 unspecified atom stereocenters. The van der Waals surface area contributed by atoms with E-state index in [-0.39, 0.29) is 18.4 Å². The normalized spacial score (nSPS) is 10.4. The number of halogens is 1. The standard InChI is InChI=1S/C22H19N3O2S.ClH/c1-3-27-22(26)16-9-11-17(12-10-16)25-20-19-18(15-7-5-4-6-8-15)14(2)28-21(19)24-13-23-20;/h4-13H,3H2,1-2H3,(H,23,24,25);1H. The third kappa shape index (κ3) is 4.23. The molecular weight excluding hydrogens is 406 g/mol. The molecule has 0 aliphatic heterocycles. The van der Waals surface area contributed by atoms with Crippen molar-refractivity contribution in [3.8, 4) is 11.1 Å². The van der Waals surface area contributed by atoms with Gasteiger partial charge in [0.05, 0.1) is 17.6 Å². The monoisotopic (exact) mass is 425 g/mol. The van der Waals surface area contributed by atoms with Gasteiger partial charge in [-0.2, -0.15) is 0 Å². The zero-order valence-corrected chi connectivity index (χ0v) is 17.6. The first-order valence-electron chi connectivity index (χ1n) is 9.01. The highest BCUT2D eigenvalue weighted by molar-refractivity contribution is 7.19. The minimum absolute atomic E-state index is 0. The molecule has 0 aliphatic rings. The Hall–Kier alpha value is -2.96. The fourth-order valence-electron chi connectivity index (χ4n) is 3.13.